The maximum absolute atomic E-state index is 12.9. The molecule has 2 aromatic rings. The molecule has 6 nitrogen and oxygen atoms in total. The number of benzene rings is 1. The van der Waals surface area contributed by atoms with E-state index in [0.29, 0.717) is 17.9 Å². The van der Waals surface area contributed by atoms with Crippen molar-refractivity contribution in [3.8, 4) is 0 Å². The number of pyridine rings is 1. The summed E-state index contributed by atoms with van der Waals surface area (Å²) in [5, 5.41) is 6.03. The Morgan fingerprint density at radius 1 is 1.21 bits per heavy atom. The molecule has 3 rings (SSSR count). The molecule has 1 aromatic carbocycles. The summed E-state index contributed by atoms with van der Waals surface area (Å²) in [4.78, 5) is 31.5. The van der Waals surface area contributed by atoms with Crippen LogP contribution in [0.1, 0.15) is 37.0 Å². The molecule has 0 aliphatic carbocycles. The number of carbonyl (C=O) groups excluding carboxylic acids is 2. The molecule has 1 aromatic heterocycles. The van der Waals surface area contributed by atoms with Crippen molar-refractivity contribution in [3.05, 3.63) is 52.6 Å². The molecule has 7 heteroatoms. The molecular formula is C21H25BrN4O2. The van der Waals surface area contributed by atoms with Crippen LogP contribution in [0, 0.1) is 5.92 Å². The first-order valence-electron chi connectivity index (χ1n) is 9.51. The molecule has 2 heterocycles. The summed E-state index contributed by atoms with van der Waals surface area (Å²) in [6.07, 6.45) is 3.57. The Kier molecular flexibility index (Phi) is 6.67. The van der Waals surface area contributed by atoms with Gasteiger partial charge in [-0.15, -0.1) is 0 Å². The van der Waals surface area contributed by atoms with Crippen molar-refractivity contribution in [1.82, 2.24) is 10.3 Å². The highest BCUT2D eigenvalue weighted by Gasteiger charge is 2.26. The van der Waals surface area contributed by atoms with Crippen LogP contribution in [0.15, 0.2) is 47.1 Å². The second-order valence-electron chi connectivity index (χ2n) is 7.28. The summed E-state index contributed by atoms with van der Waals surface area (Å²) in [5.74, 6) is 0.470. The molecule has 2 amide bonds. The fraction of sp³-hybridized carbons (Fsp3) is 0.381. The molecule has 1 atom stereocenters. The zero-order valence-corrected chi connectivity index (χ0v) is 17.7. The van der Waals surface area contributed by atoms with Crippen molar-refractivity contribution in [3.63, 3.8) is 0 Å². The summed E-state index contributed by atoms with van der Waals surface area (Å²) in [6, 6.07) is 11.1. The third kappa shape index (κ3) is 5.10. The van der Waals surface area contributed by atoms with Gasteiger partial charge in [-0.3, -0.25) is 9.59 Å². The number of aromatic nitrogens is 1. The van der Waals surface area contributed by atoms with E-state index in [1.165, 1.54) is 0 Å². The summed E-state index contributed by atoms with van der Waals surface area (Å²) >= 11 is 3.39. The number of halogens is 1. The minimum atomic E-state index is -0.196. The Hall–Kier alpha value is -2.41. The maximum Gasteiger partial charge on any atom is 0.259 e. The van der Waals surface area contributed by atoms with E-state index < -0.39 is 0 Å². The maximum atomic E-state index is 12.9. The highest BCUT2D eigenvalue weighted by atomic mass is 79.9. The van der Waals surface area contributed by atoms with Gasteiger partial charge in [0.2, 0.25) is 5.91 Å². The third-order valence-electron chi connectivity index (χ3n) is 4.73. The molecule has 148 valence electrons. The van der Waals surface area contributed by atoms with Crippen LogP contribution >= 0.6 is 15.9 Å². The molecule has 2 N–H and O–H groups in total. The Morgan fingerprint density at radius 3 is 2.68 bits per heavy atom. The van der Waals surface area contributed by atoms with Crippen LogP contribution in [0.2, 0.25) is 0 Å². The number of carbonyl (C=O) groups is 2. The highest BCUT2D eigenvalue weighted by Crippen LogP contribution is 2.23. The molecule has 1 aliphatic heterocycles. The Bertz CT molecular complexity index is 839. The second kappa shape index (κ2) is 9.19. The van der Waals surface area contributed by atoms with E-state index in [1.54, 1.807) is 18.3 Å². The van der Waals surface area contributed by atoms with E-state index in [9.17, 15) is 9.59 Å². The second-order valence-corrected chi connectivity index (χ2v) is 8.20. The zero-order chi connectivity index (χ0) is 20.1. The lowest BCUT2D eigenvalue weighted by Crippen LogP contribution is -2.49. The van der Waals surface area contributed by atoms with Crippen molar-refractivity contribution in [2.45, 2.75) is 32.7 Å². The van der Waals surface area contributed by atoms with Crippen LogP contribution < -0.4 is 15.5 Å². The molecule has 1 saturated heterocycles. The molecule has 0 bridgehead atoms. The number of anilines is 2. The minimum absolute atomic E-state index is 0.0440. The number of rotatable bonds is 5. The van der Waals surface area contributed by atoms with Gasteiger partial charge in [0, 0.05) is 41.4 Å². The summed E-state index contributed by atoms with van der Waals surface area (Å²) in [6.45, 7) is 5.23. The van der Waals surface area contributed by atoms with E-state index >= 15 is 0 Å². The number of nitrogens with zero attached hydrogens (tertiary/aromatic N) is 2. The first-order chi connectivity index (χ1) is 13.4. The lowest BCUT2D eigenvalue weighted by Gasteiger charge is -2.35. The number of hydrogen-bond donors (Lipinski definition) is 2. The predicted molar refractivity (Wildman–Crippen MR) is 115 cm³/mol. The Morgan fingerprint density at radius 2 is 1.96 bits per heavy atom. The Balaban J connectivity index is 1.74. The van der Waals surface area contributed by atoms with Crippen molar-refractivity contribution >= 4 is 39.2 Å². The van der Waals surface area contributed by atoms with Crippen molar-refractivity contribution < 1.29 is 9.59 Å². The van der Waals surface area contributed by atoms with Gasteiger partial charge in [0.15, 0.2) is 0 Å². The van der Waals surface area contributed by atoms with E-state index in [4.69, 9.17) is 0 Å². The Labute approximate surface area is 173 Å². The van der Waals surface area contributed by atoms with Gasteiger partial charge in [0.1, 0.15) is 5.82 Å². The fourth-order valence-corrected chi connectivity index (χ4v) is 3.48. The van der Waals surface area contributed by atoms with Gasteiger partial charge in [-0.25, -0.2) is 4.98 Å². The van der Waals surface area contributed by atoms with Crippen LogP contribution in [-0.4, -0.2) is 35.9 Å². The average molecular weight is 445 g/mol. The third-order valence-corrected chi connectivity index (χ3v) is 5.25. The normalized spacial score (nSPS) is 16.7. The summed E-state index contributed by atoms with van der Waals surface area (Å²) < 4.78 is 0.954. The number of amides is 2. The molecule has 28 heavy (non-hydrogen) atoms. The molecule has 1 aliphatic rings. The first-order valence-corrected chi connectivity index (χ1v) is 10.3. The van der Waals surface area contributed by atoms with Gasteiger partial charge < -0.3 is 15.5 Å². The van der Waals surface area contributed by atoms with Crippen LogP contribution in [0.5, 0.6) is 0 Å². The SMILES string of the molecule is CC(C)C(=O)NC1CCCN(c2ncccc2C(=O)Nc2ccc(Br)cc2)C1. The quantitative estimate of drug-likeness (QED) is 0.734. The van der Waals surface area contributed by atoms with Crippen LogP contribution in [0.4, 0.5) is 11.5 Å². The topological polar surface area (TPSA) is 74.3 Å². The zero-order valence-electron chi connectivity index (χ0n) is 16.1. The van der Waals surface area contributed by atoms with E-state index in [1.807, 2.05) is 38.1 Å². The van der Waals surface area contributed by atoms with Gasteiger partial charge in [-0.05, 0) is 49.2 Å². The molecule has 0 spiro atoms. The van der Waals surface area contributed by atoms with Gasteiger partial charge >= 0.3 is 0 Å². The van der Waals surface area contributed by atoms with Crippen LogP contribution in [0.3, 0.4) is 0 Å². The molecule has 0 radical (unpaired) electrons. The predicted octanol–water partition coefficient (Wildman–Crippen LogP) is 3.84. The molecule has 1 unspecified atom stereocenters. The standard InChI is InChI=1S/C21H25BrN4O2/c1-14(2)20(27)25-17-5-4-12-26(13-17)19-18(6-3-11-23-19)21(28)24-16-9-7-15(22)8-10-16/h3,6-11,14,17H,4-5,12-13H2,1-2H3,(H,24,28)(H,25,27). The van der Waals surface area contributed by atoms with Crippen LogP contribution in [-0.2, 0) is 4.79 Å². The number of piperidine rings is 1. The van der Waals surface area contributed by atoms with E-state index in [0.717, 1.165) is 29.5 Å². The molecule has 1 fully saturated rings. The van der Waals surface area contributed by atoms with Crippen molar-refractivity contribution in [2.24, 2.45) is 5.92 Å². The largest absolute Gasteiger partial charge is 0.354 e. The number of hydrogen-bond acceptors (Lipinski definition) is 4. The van der Waals surface area contributed by atoms with Gasteiger partial charge in [0.25, 0.3) is 5.91 Å². The van der Waals surface area contributed by atoms with Gasteiger partial charge in [-0.2, -0.15) is 0 Å². The molecular weight excluding hydrogens is 420 g/mol. The monoisotopic (exact) mass is 444 g/mol. The summed E-state index contributed by atoms with van der Waals surface area (Å²) in [5.41, 5.74) is 1.25. The first kappa shape index (κ1) is 20.3. The van der Waals surface area contributed by atoms with Gasteiger partial charge in [0.05, 0.1) is 5.56 Å². The van der Waals surface area contributed by atoms with Crippen molar-refractivity contribution in [2.75, 3.05) is 23.3 Å². The minimum Gasteiger partial charge on any atom is -0.354 e. The smallest absolute Gasteiger partial charge is 0.259 e. The molecule has 0 saturated carbocycles. The number of nitrogens with one attached hydrogen (secondary N) is 2. The highest BCUT2D eigenvalue weighted by molar-refractivity contribution is 9.10. The lowest BCUT2D eigenvalue weighted by atomic mass is 10.0. The van der Waals surface area contributed by atoms with E-state index in [2.05, 4.69) is 36.4 Å². The van der Waals surface area contributed by atoms with Crippen LogP contribution in [0.25, 0.3) is 0 Å². The fourth-order valence-electron chi connectivity index (χ4n) is 3.21. The van der Waals surface area contributed by atoms with E-state index in [-0.39, 0.29) is 23.8 Å². The lowest BCUT2D eigenvalue weighted by molar-refractivity contribution is -0.124. The van der Waals surface area contributed by atoms with Crippen molar-refractivity contribution in [1.29, 1.82) is 0 Å². The summed E-state index contributed by atoms with van der Waals surface area (Å²) in [7, 11) is 0. The van der Waals surface area contributed by atoms with Gasteiger partial charge in [-0.1, -0.05) is 29.8 Å². The average Bonchev–Trinajstić information content (AvgIpc) is 2.70.